The summed E-state index contributed by atoms with van der Waals surface area (Å²) in [5, 5.41) is 3.44. The molecule has 4 nitrogen and oxygen atoms in total. The average Bonchev–Trinajstić information content (AvgIpc) is 2.99. The van der Waals surface area contributed by atoms with Gasteiger partial charge >= 0.3 is 5.69 Å². The Labute approximate surface area is 89.9 Å². The highest BCUT2D eigenvalue weighted by Gasteiger charge is 2.19. The van der Waals surface area contributed by atoms with Gasteiger partial charge in [-0.2, -0.15) is 0 Å². The number of aryl methyl sites for hydroxylation is 2. The normalized spacial score (nSPS) is 15.8. The van der Waals surface area contributed by atoms with Crippen LogP contribution in [0.5, 0.6) is 0 Å². The summed E-state index contributed by atoms with van der Waals surface area (Å²) in [6, 6.07) is 0.766. The fraction of sp³-hybridized carbons (Fsp3) is 0.727. The van der Waals surface area contributed by atoms with Crippen LogP contribution in [-0.4, -0.2) is 21.7 Å². The van der Waals surface area contributed by atoms with Crippen molar-refractivity contribution in [3.8, 4) is 0 Å². The smallest absolute Gasteiger partial charge is 0.314 e. The van der Waals surface area contributed by atoms with Crippen LogP contribution < -0.4 is 11.0 Å². The lowest BCUT2D eigenvalue weighted by Gasteiger charge is -2.03. The van der Waals surface area contributed by atoms with Gasteiger partial charge in [0.25, 0.3) is 0 Å². The summed E-state index contributed by atoms with van der Waals surface area (Å²) in [7, 11) is 0. The number of nitrogens with one attached hydrogen (secondary N) is 1. The van der Waals surface area contributed by atoms with Crippen molar-refractivity contribution in [1.82, 2.24) is 14.5 Å². The Morgan fingerprint density at radius 2 is 2.13 bits per heavy atom. The second kappa shape index (κ2) is 4.66. The number of rotatable bonds is 6. The van der Waals surface area contributed by atoms with Crippen molar-refractivity contribution in [2.45, 2.75) is 45.3 Å². The van der Waals surface area contributed by atoms with E-state index in [-0.39, 0.29) is 5.69 Å². The Morgan fingerprint density at radius 3 is 2.73 bits per heavy atom. The fourth-order valence-electron chi connectivity index (χ4n) is 1.71. The SMILES string of the molecule is CCn1ccn(CCCNC2CC2)c1=O. The summed E-state index contributed by atoms with van der Waals surface area (Å²) in [6.45, 7) is 4.59. The van der Waals surface area contributed by atoms with Gasteiger partial charge in [0.1, 0.15) is 0 Å². The lowest BCUT2D eigenvalue weighted by atomic mass is 10.4. The first-order chi connectivity index (χ1) is 7.31. The third-order valence-corrected chi connectivity index (χ3v) is 2.84. The lowest BCUT2D eigenvalue weighted by Crippen LogP contribution is -2.25. The maximum atomic E-state index is 11.6. The van der Waals surface area contributed by atoms with E-state index >= 15 is 0 Å². The van der Waals surface area contributed by atoms with Crippen LogP contribution in [0.3, 0.4) is 0 Å². The molecule has 1 N–H and O–H groups in total. The third kappa shape index (κ3) is 2.72. The molecule has 0 aliphatic heterocycles. The molecule has 1 saturated carbocycles. The molecule has 0 spiro atoms. The van der Waals surface area contributed by atoms with E-state index in [9.17, 15) is 4.79 Å². The Hall–Kier alpha value is -1.03. The van der Waals surface area contributed by atoms with Crippen molar-refractivity contribution >= 4 is 0 Å². The zero-order valence-corrected chi connectivity index (χ0v) is 9.28. The molecule has 0 saturated heterocycles. The van der Waals surface area contributed by atoms with Crippen molar-refractivity contribution in [1.29, 1.82) is 0 Å². The minimum absolute atomic E-state index is 0.115. The molecule has 0 atom stereocenters. The monoisotopic (exact) mass is 209 g/mol. The topological polar surface area (TPSA) is 39.0 Å². The van der Waals surface area contributed by atoms with Gasteiger partial charge in [-0.05, 0) is 32.7 Å². The first-order valence-corrected chi connectivity index (χ1v) is 5.80. The Kier molecular flexibility index (Phi) is 3.26. The molecule has 1 aromatic heterocycles. The summed E-state index contributed by atoms with van der Waals surface area (Å²) in [5.41, 5.74) is 0.115. The summed E-state index contributed by atoms with van der Waals surface area (Å²) in [4.78, 5) is 11.6. The molecule has 15 heavy (non-hydrogen) atoms. The molecular formula is C11H19N3O. The molecule has 1 aliphatic rings. The van der Waals surface area contributed by atoms with Gasteiger partial charge in [0, 0.05) is 31.5 Å². The predicted octanol–water partition coefficient (Wildman–Crippen LogP) is 0.812. The van der Waals surface area contributed by atoms with Gasteiger partial charge < -0.3 is 5.32 Å². The molecule has 4 heteroatoms. The summed E-state index contributed by atoms with van der Waals surface area (Å²) >= 11 is 0. The van der Waals surface area contributed by atoms with Crippen LogP contribution >= 0.6 is 0 Å². The summed E-state index contributed by atoms with van der Waals surface area (Å²) in [5.74, 6) is 0. The molecular weight excluding hydrogens is 190 g/mol. The molecule has 1 aromatic rings. The van der Waals surface area contributed by atoms with Crippen molar-refractivity contribution < 1.29 is 0 Å². The molecule has 0 unspecified atom stereocenters. The van der Waals surface area contributed by atoms with E-state index in [1.54, 1.807) is 9.13 Å². The van der Waals surface area contributed by atoms with Gasteiger partial charge in [0.05, 0.1) is 0 Å². The van der Waals surface area contributed by atoms with Crippen LogP contribution in [-0.2, 0) is 13.1 Å². The fourth-order valence-corrected chi connectivity index (χ4v) is 1.71. The Morgan fingerprint density at radius 1 is 1.40 bits per heavy atom. The van der Waals surface area contributed by atoms with Gasteiger partial charge in [-0.15, -0.1) is 0 Å². The maximum absolute atomic E-state index is 11.6. The molecule has 0 amide bonds. The van der Waals surface area contributed by atoms with E-state index < -0.39 is 0 Å². The van der Waals surface area contributed by atoms with Crippen molar-refractivity contribution in [3.05, 3.63) is 22.9 Å². The van der Waals surface area contributed by atoms with Crippen molar-refractivity contribution in [3.63, 3.8) is 0 Å². The van der Waals surface area contributed by atoms with Gasteiger partial charge in [-0.25, -0.2) is 4.79 Å². The second-order valence-electron chi connectivity index (χ2n) is 4.14. The first-order valence-electron chi connectivity index (χ1n) is 5.80. The third-order valence-electron chi connectivity index (χ3n) is 2.84. The molecule has 84 valence electrons. The van der Waals surface area contributed by atoms with Crippen molar-refractivity contribution in [2.24, 2.45) is 0 Å². The Balaban J connectivity index is 1.76. The molecule has 0 aromatic carbocycles. The van der Waals surface area contributed by atoms with Crippen molar-refractivity contribution in [2.75, 3.05) is 6.54 Å². The highest BCUT2D eigenvalue weighted by molar-refractivity contribution is 4.82. The van der Waals surface area contributed by atoms with Crippen LogP contribution in [0.25, 0.3) is 0 Å². The van der Waals surface area contributed by atoms with Gasteiger partial charge in [-0.1, -0.05) is 0 Å². The number of hydrogen-bond donors (Lipinski definition) is 1. The van der Waals surface area contributed by atoms with Crippen LogP contribution in [0.4, 0.5) is 0 Å². The van der Waals surface area contributed by atoms with Crippen LogP contribution in [0.15, 0.2) is 17.2 Å². The van der Waals surface area contributed by atoms with E-state index in [2.05, 4.69) is 5.32 Å². The largest absolute Gasteiger partial charge is 0.328 e. The molecule has 0 bridgehead atoms. The molecule has 1 fully saturated rings. The summed E-state index contributed by atoms with van der Waals surface area (Å²) < 4.78 is 3.52. The van der Waals surface area contributed by atoms with Crippen LogP contribution in [0.1, 0.15) is 26.2 Å². The molecule has 1 heterocycles. The predicted molar refractivity (Wildman–Crippen MR) is 60.0 cm³/mol. The minimum atomic E-state index is 0.115. The number of nitrogens with zero attached hydrogens (tertiary/aromatic N) is 2. The van der Waals surface area contributed by atoms with E-state index in [0.717, 1.165) is 32.1 Å². The average molecular weight is 209 g/mol. The zero-order chi connectivity index (χ0) is 10.7. The highest BCUT2D eigenvalue weighted by Crippen LogP contribution is 2.18. The molecule has 2 rings (SSSR count). The van der Waals surface area contributed by atoms with Gasteiger partial charge in [0.15, 0.2) is 0 Å². The van der Waals surface area contributed by atoms with E-state index in [4.69, 9.17) is 0 Å². The number of imidazole rings is 1. The van der Waals surface area contributed by atoms with Crippen LogP contribution in [0.2, 0.25) is 0 Å². The van der Waals surface area contributed by atoms with Gasteiger partial charge in [-0.3, -0.25) is 9.13 Å². The number of aromatic nitrogens is 2. The van der Waals surface area contributed by atoms with Gasteiger partial charge in [0.2, 0.25) is 0 Å². The highest BCUT2D eigenvalue weighted by atomic mass is 16.1. The standard InChI is InChI=1S/C11H19N3O/c1-2-13-8-9-14(11(13)15)7-3-6-12-10-4-5-10/h8-10,12H,2-7H2,1H3. The maximum Gasteiger partial charge on any atom is 0.328 e. The van der Waals surface area contributed by atoms with E-state index in [1.807, 2.05) is 19.3 Å². The molecule has 0 radical (unpaired) electrons. The van der Waals surface area contributed by atoms with E-state index in [0.29, 0.717) is 0 Å². The lowest BCUT2D eigenvalue weighted by molar-refractivity contribution is 0.557. The van der Waals surface area contributed by atoms with Crippen LogP contribution in [0, 0.1) is 0 Å². The quantitative estimate of drug-likeness (QED) is 0.704. The second-order valence-corrected chi connectivity index (χ2v) is 4.14. The Bertz CT molecular complexity index is 362. The summed E-state index contributed by atoms with van der Waals surface area (Å²) in [6.07, 6.45) is 7.42. The zero-order valence-electron chi connectivity index (χ0n) is 9.28. The first kappa shape index (κ1) is 10.5. The minimum Gasteiger partial charge on any atom is -0.314 e. The number of hydrogen-bond acceptors (Lipinski definition) is 2. The molecule has 1 aliphatic carbocycles. The van der Waals surface area contributed by atoms with E-state index in [1.165, 1.54) is 12.8 Å².